The number of halogens is 1. The molecule has 1 aromatic carbocycles. The Morgan fingerprint density at radius 1 is 1.26 bits per heavy atom. The molecular formula is C17H21ClN4O. The lowest BCUT2D eigenvalue weighted by molar-refractivity contribution is 0.0945. The van der Waals surface area contributed by atoms with Gasteiger partial charge in [0.2, 0.25) is 0 Å². The average molecular weight is 333 g/mol. The molecule has 0 aliphatic carbocycles. The molecule has 0 fully saturated rings. The van der Waals surface area contributed by atoms with Crippen LogP contribution in [-0.2, 0) is 6.54 Å². The largest absolute Gasteiger partial charge is 0.358 e. The van der Waals surface area contributed by atoms with E-state index < -0.39 is 0 Å². The van der Waals surface area contributed by atoms with Gasteiger partial charge in [-0.2, -0.15) is 0 Å². The quantitative estimate of drug-likeness (QED) is 0.845. The summed E-state index contributed by atoms with van der Waals surface area (Å²) in [5.41, 5.74) is 1.16. The molecule has 0 atom stereocenters. The number of nitrogens with zero attached hydrogens (tertiary/aromatic N) is 3. The van der Waals surface area contributed by atoms with Crippen molar-refractivity contribution in [3.63, 3.8) is 0 Å². The van der Waals surface area contributed by atoms with Crippen molar-refractivity contribution in [1.29, 1.82) is 0 Å². The molecule has 0 saturated carbocycles. The summed E-state index contributed by atoms with van der Waals surface area (Å²) < 4.78 is 0. The summed E-state index contributed by atoms with van der Waals surface area (Å²) in [6, 6.07) is 7.41. The zero-order valence-corrected chi connectivity index (χ0v) is 14.2. The number of benzene rings is 1. The monoisotopic (exact) mass is 332 g/mol. The van der Waals surface area contributed by atoms with E-state index in [-0.39, 0.29) is 5.91 Å². The van der Waals surface area contributed by atoms with Gasteiger partial charge in [-0.15, -0.1) is 0 Å². The maximum Gasteiger partial charge on any atom is 0.271 e. The van der Waals surface area contributed by atoms with Crippen LogP contribution in [0.3, 0.4) is 0 Å². The highest BCUT2D eigenvalue weighted by Crippen LogP contribution is 2.14. The standard InChI is InChI=1S/C17H21ClN4O/c1-3-4-9-22(2)16-12-19-15(11-20-16)17(23)21-10-13-7-5-6-8-14(13)18/h5-8,11-12H,3-4,9-10H2,1-2H3,(H,21,23). The van der Waals surface area contributed by atoms with Crippen molar-refractivity contribution < 1.29 is 4.79 Å². The number of unbranched alkanes of at least 4 members (excludes halogenated alkanes) is 1. The fourth-order valence-corrected chi connectivity index (χ4v) is 2.26. The summed E-state index contributed by atoms with van der Waals surface area (Å²) in [4.78, 5) is 22.6. The molecule has 23 heavy (non-hydrogen) atoms. The maximum atomic E-state index is 12.1. The number of hydrogen-bond acceptors (Lipinski definition) is 4. The van der Waals surface area contributed by atoms with Crippen LogP contribution in [0.2, 0.25) is 5.02 Å². The molecule has 0 aliphatic heterocycles. The van der Waals surface area contributed by atoms with Gasteiger partial charge in [0.15, 0.2) is 0 Å². The fraction of sp³-hybridized carbons (Fsp3) is 0.353. The number of amides is 1. The Morgan fingerprint density at radius 3 is 2.70 bits per heavy atom. The molecule has 0 radical (unpaired) electrons. The second-order valence-corrected chi connectivity index (χ2v) is 5.72. The Kier molecular flexibility index (Phi) is 6.35. The fourth-order valence-electron chi connectivity index (χ4n) is 2.05. The van der Waals surface area contributed by atoms with E-state index in [1.54, 1.807) is 12.3 Å². The number of carbonyl (C=O) groups is 1. The van der Waals surface area contributed by atoms with Crippen LogP contribution >= 0.6 is 11.6 Å². The minimum atomic E-state index is -0.264. The molecule has 6 heteroatoms. The number of nitrogens with one attached hydrogen (secondary N) is 1. The second-order valence-electron chi connectivity index (χ2n) is 5.31. The molecule has 1 amide bonds. The normalized spacial score (nSPS) is 10.4. The predicted molar refractivity (Wildman–Crippen MR) is 92.8 cm³/mol. The Bertz CT molecular complexity index is 645. The van der Waals surface area contributed by atoms with Gasteiger partial charge in [-0.1, -0.05) is 43.1 Å². The molecule has 0 saturated heterocycles. The Balaban J connectivity index is 1.94. The van der Waals surface area contributed by atoms with Crippen LogP contribution in [0.5, 0.6) is 0 Å². The summed E-state index contributed by atoms with van der Waals surface area (Å²) in [6.07, 6.45) is 5.35. The van der Waals surface area contributed by atoms with Crippen molar-refractivity contribution in [2.75, 3.05) is 18.5 Å². The van der Waals surface area contributed by atoms with Crippen LogP contribution in [0.4, 0.5) is 5.82 Å². The first-order chi connectivity index (χ1) is 11.1. The molecule has 5 nitrogen and oxygen atoms in total. The molecule has 1 heterocycles. The van der Waals surface area contributed by atoms with Gasteiger partial charge in [0.25, 0.3) is 5.91 Å². The first-order valence-electron chi connectivity index (χ1n) is 7.66. The van der Waals surface area contributed by atoms with Gasteiger partial charge >= 0.3 is 0 Å². The smallest absolute Gasteiger partial charge is 0.271 e. The maximum absolute atomic E-state index is 12.1. The minimum absolute atomic E-state index is 0.264. The Morgan fingerprint density at radius 2 is 2.04 bits per heavy atom. The van der Waals surface area contributed by atoms with E-state index in [9.17, 15) is 4.79 Å². The van der Waals surface area contributed by atoms with E-state index in [1.165, 1.54) is 6.20 Å². The van der Waals surface area contributed by atoms with Crippen molar-refractivity contribution in [2.45, 2.75) is 26.3 Å². The average Bonchev–Trinajstić information content (AvgIpc) is 2.59. The number of rotatable bonds is 7. The molecule has 2 aromatic rings. The molecule has 0 aliphatic rings. The van der Waals surface area contributed by atoms with Crippen molar-refractivity contribution in [3.05, 3.63) is 52.9 Å². The zero-order chi connectivity index (χ0) is 16.7. The predicted octanol–water partition coefficient (Wildman–Crippen LogP) is 3.30. The van der Waals surface area contributed by atoms with Crippen LogP contribution in [0.25, 0.3) is 0 Å². The third kappa shape index (κ3) is 4.93. The highest BCUT2D eigenvalue weighted by molar-refractivity contribution is 6.31. The lowest BCUT2D eigenvalue weighted by Crippen LogP contribution is -2.25. The van der Waals surface area contributed by atoms with E-state index in [0.29, 0.717) is 17.3 Å². The van der Waals surface area contributed by atoms with Crippen LogP contribution in [0, 0.1) is 0 Å². The topological polar surface area (TPSA) is 58.1 Å². The second kappa shape index (κ2) is 8.48. The third-order valence-corrected chi connectivity index (χ3v) is 3.87. The lowest BCUT2D eigenvalue weighted by atomic mass is 10.2. The van der Waals surface area contributed by atoms with Crippen LogP contribution in [-0.4, -0.2) is 29.5 Å². The minimum Gasteiger partial charge on any atom is -0.358 e. The molecule has 1 N–H and O–H groups in total. The number of hydrogen-bond donors (Lipinski definition) is 1. The van der Waals surface area contributed by atoms with Gasteiger partial charge < -0.3 is 10.2 Å². The van der Waals surface area contributed by atoms with E-state index in [0.717, 1.165) is 30.8 Å². The first kappa shape index (κ1) is 17.2. The van der Waals surface area contributed by atoms with E-state index in [2.05, 4.69) is 22.2 Å². The van der Waals surface area contributed by atoms with E-state index in [1.807, 2.05) is 30.1 Å². The van der Waals surface area contributed by atoms with Gasteiger partial charge in [-0.05, 0) is 18.1 Å². The zero-order valence-electron chi connectivity index (χ0n) is 13.4. The highest BCUT2D eigenvalue weighted by Gasteiger charge is 2.10. The highest BCUT2D eigenvalue weighted by atomic mass is 35.5. The number of carbonyl (C=O) groups excluding carboxylic acids is 1. The van der Waals surface area contributed by atoms with Crippen LogP contribution in [0.1, 0.15) is 35.8 Å². The van der Waals surface area contributed by atoms with E-state index in [4.69, 9.17) is 11.6 Å². The summed E-state index contributed by atoms with van der Waals surface area (Å²) in [7, 11) is 1.97. The summed E-state index contributed by atoms with van der Waals surface area (Å²) in [5, 5.41) is 3.43. The molecule has 0 bridgehead atoms. The molecule has 122 valence electrons. The summed E-state index contributed by atoms with van der Waals surface area (Å²) in [6.45, 7) is 3.42. The molecule has 0 unspecified atom stereocenters. The first-order valence-corrected chi connectivity index (χ1v) is 8.04. The van der Waals surface area contributed by atoms with Gasteiger partial charge in [-0.25, -0.2) is 9.97 Å². The van der Waals surface area contributed by atoms with Gasteiger partial charge in [0.1, 0.15) is 11.5 Å². The van der Waals surface area contributed by atoms with Gasteiger partial charge in [0.05, 0.1) is 12.4 Å². The van der Waals surface area contributed by atoms with Crippen molar-refractivity contribution in [3.8, 4) is 0 Å². The Hall–Kier alpha value is -2.14. The number of anilines is 1. The molecule has 0 spiro atoms. The summed E-state index contributed by atoms with van der Waals surface area (Å²) in [5.74, 6) is 0.501. The SMILES string of the molecule is CCCCN(C)c1cnc(C(=O)NCc2ccccc2Cl)cn1. The summed E-state index contributed by atoms with van der Waals surface area (Å²) >= 11 is 6.07. The lowest BCUT2D eigenvalue weighted by Gasteiger charge is -2.17. The van der Waals surface area contributed by atoms with Crippen molar-refractivity contribution >= 4 is 23.3 Å². The molecule has 1 aromatic heterocycles. The Labute approximate surface area is 141 Å². The van der Waals surface area contributed by atoms with Crippen molar-refractivity contribution in [1.82, 2.24) is 15.3 Å². The van der Waals surface area contributed by atoms with Crippen LogP contribution in [0.15, 0.2) is 36.7 Å². The van der Waals surface area contributed by atoms with Crippen LogP contribution < -0.4 is 10.2 Å². The van der Waals surface area contributed by atoms with Crippen molar-refractivity contribution in [2.24, 2.45) is 0 Å². The van der Waals surface area contributed by atoms with Gasteiger partial charge in [0, 0.05) is 25.2 Å². The molecular weight excluding hydrogens is 312 g/mol. The third-order valence-electron chi connectivity index (χ3n) is 3.51. The number of aromatic nitrogens is 2. The van der Waals surface area contributed by atoms with Gasteiger partial charge in [-0.3, -0.25) is 4.79 Å². The van der Waals surface area contributed by atoms with E-state index >= 15 is 0 Å². The molecule has 2 rings (SSSR count).